The van der Waals surface area contributed by atoms with E-state index in [1.165, 1.54) is 25.8 Å². The molecule has 28 heavy (non-hydrogen) atoms. The second-order valence-corrected chi connectivity index (χ2v) is 8.18. The van der Waals surface area contributed by atoms with Gasteiger partial charge < -0.3 is 10.2 Å². The average molecular weight is 399 g/mol. The lowest BCUT2D eigenvalue weighted by atomic mass is 9.93. The molecule has 1 saturated heterocycles. The number of benzene rings is 1. The quantitative estimate of drug-likeness (QED) is 0.737. The predicted octanol–water partition coefficient (Wildman–Crippen LogP) is 4.78. The van der Waals surface area contributed by atoms with Gasteiger partial charge in [0.15, 0.2) is 0 Å². The molecule has 148 valence electrons. The fraction of sp³-hybridized carbons (Fsp3) is 0.455. The molecular weight excluding hydrogens is 372 g/mol. The second-order valence-electron chi connectivity index (χ2n) is 7.78. The first kappa shape index (κ1) is 19.2. The minimum atomic E-state index is -0.199. The van der Waals surface area contributed by atoms with E-state index in [9.17, 15) is 4.79 Å². The van der Waals surface area contributed by atoms with Crippen molar-refractivity contribution in [1.82, 2.24) is 14.7 Å². The summed E-state index contributed by atoms with van der Waals surface area (Å²) in [6.45, 7) is 3.37. The molecule has 0 saturated carbocycles. The number of piperidine rings is 1. The molecule has 5 nitrogen and oxygen atoms in total. The van der Waals surface area contributed by atoms with Crippen molar-refractivity contribution in [1.29, 1.82) is 0 Å². The predicted molar refractivity (Wildman–Crippen MR) is 113 cm³/mol. The summed E-state index contributed by atoms with van der Waals surface area (Å²) in [5.74, 6) is 1.34. The molecule has 2 heterocycles. The summed E-state index contributed by atoms with van der Waals surface area (Å²) in [6.07, 6.45) is 12.3. The first-order valence-corrected chi connectivity index (χ1v) is 10.6. The fourth-order valence-corrected chi connectivity index (χ4v) is 4.49. The Bertz CT molecular complexity index is 839. The van der Waals surface area contributed by atoms with E-state index >= 15 is 0 Å². The van der Waals surface area contributed by atoms with Crippen molar-refractivity contribution in [2.45, 2.75) is 38.1 Å². The number of nitrogens with zero attached hydrogens (tertiary/aromatic N) is 3. The van der Waals surface area contributed by atoms with Crippen LogP contribution in [-0.4, -0.2) is 40.2 Å². The summed E-state index contributed by atoms with van der Waals surface area (Å²) < 4.78 is 1.97. The van der Waals surface area contributed by atoms with Crippen molar-refractivity contribution in [2.24, 2.45) is 5.92 Å². The average Bonchev–Trinajstić information content (AvgIpc) is 3.18. The van der Waals surface area contributed by atoms with Crippen LogP contribution in [0, 0.1) is 5.92 Å². The lowest BCUT2D eigenvalue weighted by Gasteiger charge is -2.35. The van der Waals surface area contributed by atoms with Crippen LogP contribution in [0.2, 0.25) is 5.02 Å². The number of hydrogen-bond acceptors (Lipinski definition) is 3. The van der Waals surface area contributed by atoms with Crippen LogP contribution < -0.4 is 5.32 Å². The maximum atomic E-state index is 12.6. The molecule has 0 bridgehead atoms. The minimum absolute atomic E-state index is 0.199. The van der Waals surface area contributed by atoms with Gasteiger partial charge in [0.05, 0.1) is 22.8 Å². The Morgan fingerprint density at radius 1 is 1.14 bits per heavy atom. The van der Waals surface area contributed by atoms with E-state index in [2.05, 4.69) is 27.5 Å². The summed E-state index contributed by atoms with van der Waals surface area (Å²) in [5.41, 5.74) is 0.480. The number of allylic oxidation sites excluding steroid dienone is 2. The largest absolute Gasteiger partial charge is 0.307 e. The van der Waals surface area contributed by atoms with Crippen molar-refractivity contribution >= 4 is 23.3 Å². The molecule has 0 unspecified atom stereocenters. The van der Waals surface area contributed by atoms with Gasteiger partial charge in [-0.15, -0.1) is 0 Å². The van der Waals surface area contributed by atoms with E-state index in [1.54, 1.807) is 18.3 Å². The van der Waals surface area contributed by atoms with Gasteiger partial charge in [0, 0.05) is 25.7 Å². The van der Waals surface area contributed by atoms with E-state index in [1.807, 2.05) is 22.9 Å². The van der Waals surface area contributed by atoms with Crippen LogP contribution in [0.4, 0.5) is 5.82 Å². The molecule has 1 N–H and O–H groups in total. The highest BCUT2D eigenvalue weighted by molar-refractivity contribution is 6.34. The van der Waals surface area contributed by atoms with Crippen molar-refractivity contribution in [3.05, 3.63) is 59.3 Å². The number of anilines is 1. The zero-order valence-electron chi connectivity index (χ0n) is 16.1. The van der Waals surface area contributed by atoms with E-state index in [0.29, 0.717) is 16.6 Å². The zero-order chi connectivity index (χ0) is 19.3. The summed E-state index contributed by atoms with van der Waals surface area (Å²) in [6, 6.07) is 9.27. The van der Waals surface area contributed by atoms with Crippen molar-refractivity contribution in [3.63, 3.8) is 0 Å². The van der Waals surface area contributed by atoms with Crippen molar-refractivity contribution < 1.29 is 4.79 Å². The Balaban J connectivity index is 1.35. The maximum absolute atomic E-state index is 12.6. The molecule has 1 atom stereocenters. The van der Waals surface area contributed by atoms with Crippen LogP contribution in [0.25, 0.3) is 0 Å². The van der Waals surface area contributed by atoms with E-state index in [4.69, 9.17) is 11.6 Å². The molecular formula is C22H27ClN4O. The summed E-state index contributed by atoms with van der Waals surface area (Å²) >= 11 is 6.15. The van der Waals surface area contributed by atoms with Crippen LogP contribution >= 0.6 is 11.6 Å². The zero-order valence-corrected chi connectivity index (χ0v) is 16.8. The molecule has 2 aromatic rings. The first-order chi connectivity index (χ1) is 13.7. The van der Waals surface area contributed by atoms with E-state index in [-0.39, 0.29) is 5.91 Å². The highest BCUT2D eigenvalue weighted by Crippen LogP contribution is 2.28. The monoisotopic (exact) mass is 398 g/mol. The van der Waals surface area contributed by atoms with Gasteiger partial charge in [-0.1, -0.05) is 35.9 Å². The van der Waals surface area contributed by atoms with E-state index < -0.39 is 0 Å². The number of hydrogen-bond donors (Lipinski definition) is 1. The lowest BCUT2D eigenvalue weighted by molar-refractivity contribution is 0.102. The highest BCUT2D eigenvalue weighted by atomic mass is 35.5. The number of amides is 1. The van der Waals surface area contributed by atoms with Gasteiger partial charge in [0.2, 0.25) is 0 Å². The SMILES string of the molecule is O=C(Nc1ccnn1C1CCN(C[C@@H]2CC=CCC2)CC1)c1ccccc1Cl. The molecule has 0 radical (unpaired) electrons. The normalized spacial score (nSPS) is 21.0. The molecule has 1 aliphatic carbocycles. The number of carbonyl (C=O) groups excluding carboxylic acids is 1. The summed E-state index contributed by atoms with van der Waals surface area (Å²) in [7, 11) is 0. The first-order valence-electron chi connectivity index (χ1n) is 10.2. The Morgan fingerprint density at radius 2 is 1.96 bits per heavy atom. The molecule has 1 aliphatic heterocycles. The number of aromatic nitrogens is 2. The maximum Gasteiger partial charge on any atom is 0.258 e. The van der Waals surface area contributed by atoms with E-state index in [0.717, 1.165) is 37.7 Å². The Hall–Kier alpha value is -2.11. The number of likely N-dealkylation sites (tertiary alicyclic amines) is 1. The summed E-state index contributed by atoms with van der Waals surface area (Å²) in [5, 5.41) is 7.92. The molecule has 1 aromatic carbocycles. The second kappa shape index (κ2) is 8.93. The molecule has 1 fully saturated rings. The van der Waals surface area contributed by atoms with Crippen LogP contribution in [0.5, 0.6) is 0 Å². The van der Waals surface area contributed by atoms with Crippen LogP contribution in [0.3, 0.4) is 0 Å². The van der Waals surface area contributed by atoms with Gasteiger partial charge in [-0.25, -0.2) is 4.68 Å². The van der Waals surface area contributed by atoms with Gasteiger partial charge in [0.1, 0.15) is 5.82 Å². The molecule has 0 spiro atoms. The van der Waals surface area contributed by atoms with Crippen molar-refractivity contribution in [3.8, 4) is 0 Å². The standard InChI is InChI=1S/C22H27ClN4O/c23-20-9-5-4-8-19(20)22(28)25-21-10-13-24-27(21)18-11-14-26(15-12-18)16-17-6-2-1-3-7-17/h1-2,4-5,8-10,13,17-18H,3,6-7,11-12,14-16H2,(H,25,28)/t17-/m1/s1. The third kappa shape index (κ3) is 4.47. The van der Waals surface area contributed by atoms with Gasteiger partial charge >= 0.3 is 0 Å². The Kier molecular flexibility index (Phi) is 6.13. The van der Waals surface area contributed by atoms with Gasteiger partial charge in [-0.3, -0.25) is 4.79 Å². The summed E-state index contributed by atoms with van der Waals surface area (Å²) in [4.78, 5) is 15.2. The smallest absolute Gasteiger partial charge is 0.258 e. The Morgan fingerprint density at radius 3 is 2.71 bits per heavy atom. The van der Waals surface area contributed by atoms with Gasteiger partial charge in [-0.2, -0.15) is 5.10 Å². The molecule has 1 amide bonds. The van der Waals surface area contributed by atoms with Crippen LogP contribution in [0.1, 0.15) is 48.5 Å². The fourth-order valence-electron chi connectivity index (χ4n) is 4.27. The minimum Gasteiger partial charge on any atom is -0.307 e. The van der Waals surface area contributed by atoms with Crippen LogP contribution in [0.15, 0.2) is 48.7 Å². The lowest BCUT2D eigenvalue weighted by Crippen LogP contribution is -2.38. The number of halogens is 1. The molecule has 2 aliphatic rings. The topological polar surface area (TPSA) is 50.2 Å². The van der Waals surface area contributed by atoms with Crippen molar-refractivity contribution in [2.75, 3.05) is 25.0 Å². The number of rotatable bonds is 5. The molecule has 4 rings (SSSR count). The highest BCUT2D eigenvalue weighted by Gasteiger charge is 2.25. The third-order valence-electron chi connectivity index (χ3n) is 5.83. The van der Waals surface area contributed by atoms with Gasteiger partial charge in [0.25, 0.3) is 5.91 Å². The molecule has 6 heteroatoms. The Labute approximate surface area is 171 Å². The number of nitrogens with one attached hydrogen (secondary N) is 1. The molecule has 1 aromatic heterocycles. The van der Waals surface area contributed by atoms with Gasteiger partial charge in [-0.05, 0) is 50.2 Å². The third-order valence-corrected chi connectivity index (χ3v) is 6.16. The number of carbonyl (C=O) groups is 1. The van der Waals surface area contributed by atoms with Crippen LogP contribution in [-0.2, 0) is 0 Å².